The molecule has 0 amide bonds. The number of hydrogen-bond donors (Lipinski definition) is 1. The molecule has 2 aliphatic rings. The Hall–Kier alpha value is -0.930. The first-order valence-electron chi connectivity index (χ1n) is 8.62. The van der Waals surface area contributed by atoms with Crippen molar-refractivity contribution in [1.29, 1.82) is 0 Å². The molecule has 0 aromatic carbocycles. The van der Waals surface area contributed by atoms with Gasteiger partial charge < -0.3 is 5.32 Å². The van der Waals surface area contributed by atoms with E-state index in [1.807, 2.05) is 0 Å². The molecule has 3 heteroatoms. The van der Waals surface area contributed by atoms with E-state index in [0.29, 0.717) is 11.6 Å². The average molecular weight is 287 g/mol. The molecule has 116 valence electrons. The van der Waals surface area contributed by atoms with Crippen molar-refractivity contribution in [2.75, 3.05) is 13.1 Å². The standard InChI is InChI=1S/C18H29N3/c1-3-7-17-12-19-18(10-4-5-11-18)14-21(17)13-16-9-6-8-15(2)20-16/h6,8-9,17,19H,3-5,7,10-14H2,1-2H3. The fourth-order valence-corrected chi connectivity index (χ4v) is 4.12. The van der Waals surface area contributed by atoms with Crippen LogP contribution in [0, 0.1) is 6.92 Å². The van der Waals surface area contributed by atoms with Crippen molar-refractivity contribution in [2.24, 2.45) is 0 Å². The van der Waals surface area contributed by atoms with Gasteiger partial charge in [0.25, 0.3) is 0 Å². The van der Waals surface area contributed by atoms with Crippen LogP contribution in [0.5, 0.6) is 0 Å². The van der Waals surface area contributed by atoms with Crippen molar-refractivity contribution in [3.63, 3.8) is 0 Å². The lowest BCUT2D eigenvalue weighted by atomic mass is 9.91. The predicted molar refractivity (Wildman–Crippen MR) is 87.3 cm³/mol. The molecule has 3 nitrogen and oxygen atoms in total. The van der Waals surface area contributed by atoms with Gasteiger partial charge in [-0.25, -0.2) is 0 Å². The van der Waals surface area contributed by atoms with Crippen LogP contribution in [0.2, 0.25) is 0 Å². The first kappa shape index (κ1) is 15.0. The van der Waals surface area contributed by atoms with E-state index in [-0.39, 0.29) is 0 Å². The molecule has 2 heterocycles. The number of aromatic nitrogens is 1. The zero-order valence-electron chi connectivity index (χ0n) is 13.6. The van der Waals surface area contributed by atoms with Gasteiger partial charge in [0.2, 0.25) is 0 Å². The highest BCUT2D eigenvalue weighted by Gasteiger charge is 2.40. The van der Waals surface area contributed by atoms with Crippen molar-refractivity contribution in [3.05, 3.63) is 29.6 Å². The average Bonchev–Trinajstić information content (AvgIpc) is 2.91. The minimum absolute atomic E-state index is 0.397. The predicted octanol–water partition coefficient (Wildman–Crippen LogP) is 3.28. The molecule has 1 N–H and O–H groups in total. The molecule has 1 unspecified atom stereocenters. The summed E-state index contributed by atoms with van der Waals surface area (Å²) in [7, 11) is 0. The number of rotatable bonds is 4. The maximum absolute atomic E-state index is 4.71. The number of nitrogens with one attached hydrogen (secondary N) is 1. The lowest BCUT2D eigenvalue weighted by Crippen LogP contribution is -2.62. The van der Waals surface area contributed by atoms with E-state index in [0.717, 1.165) is 18.8 Å². The van der Waals surface area contributed by atoms with Crippen LogP contribution in [0.4, 0.5) is 0 Å². The maximum Gasteiger partial charge on any atom is 0.0547 e. The van der Waals surface area contributed by atoms with E-state index in [1.54, 1.807) is 0 Å². The first-order chi connectivity index (χ1) is 10.2. The highest BCUT2D eigenvalue weighted by molar-refractivity contribution is 5.11. The van der Waals surface area contributed by atoms with Gasteiger partial charge >= 0.3 is 0 Å². The SMILES string of the molecule is CCCC1CNC2(CCCC2)CN1Cc1cccc(C)n1. The molecule has 0 bridgehead atoms. The molecule has 2 fully saturated rings. The second-order valence-electron chi connectivity index (χ2n) is 6.99. The van der Waals surface area contributed by atoms with Crippen LogP contribution in [0.3, 0.4) is 0 Å². The van der Waals surface area contributed by atoms with Crippen LogP contribution in [-0.2, 0) is 6.54 Å². The Morgan fingerprint density at radius 3 is 2.86 bits per heavy atom. The van der Waals surface area contributed by atoms with Crippen molar-refractivity contribution >= 4 is 0 Å². The molecule has 1 aliphatic carbocycles. The van der Waals surface area contributed by atoms with Crippen molar-refractivity contribution < 1.29 is 0 Å². The summed E-state index contributed by atoms with van der Waals surface area (Å²) in [5.74, 6) is 0. The Balaban J connectivity index is 1.73. The van der Waals surface area contributed by atoms with Gasteiger partial charge in [0.05, 0.1) is 5.69 Å². The van der Waals surface area contributed by atoms with E-state index in [2.05, 4.69) is 42.3 Å². The van der Waals surface area contributed by atoms with Gasteiger partial charge in [-0.3, -0.25) is 9.88 Å². The molecule has 1 aliphatic heterocycles. The lowest BCUT2D eigenvalue weighted by Gasteiger charge is -2.46. The van der Waals surface area contributed by atoms with Crippen molar-refractivity contribution in [3.8, 4) is 0 Å². The first-order valence-corrected chi connectivity index (χ1v) is 8.62. The summed E-state index contributed by atoms with van der Waals surface area (Å²) in [6.07, 6.45) is 8.03. The Kier molecular flexibility index (Phi) is 4.60. The molecule has 21 heavy (non-hydrogen) atoms. The van der Waals surface area contributed by atoms with Crippen LogP contribution in [-0.4, -0.2) is 34.6 Å². The Labute approximate surface area is 129 Å². The molecular weight excluding hydrogens is 258 g/mol. The Bertz CT molecular complexity index is 465. The Morgan fingerprint density at radius 2 is 2.14 bits per heavy atom. The zero-order chi connectivity index (χ0) is 14.7. The van der Waals surface area contributed by atoms with Gasteiger partial charge in [-0.2, -0.15) is 0 Å². The summed E-state index contributed by atoms with van der Waals surface area (Å²) in [5, 5.41) is 3.89. The van der Waals surface area contributed by atoms with E-state index in [4.69, 9.17) is 4.98 Å². The molecule has 1 spiro atoms. The topological polar surface area (TPSA) is 28.2 Å². The summed E-state index contributed by atoms with van der Waals surface area (Å²) < 4.78 is 0. The number of piperazine rings is 1. The molecule has 1 aromatic heterocycles. The fraction of sp³-hybridized carbons (Fsp3) is 0.722. The molecule has 1 atom stereocenters. The third-order valence-corrected chi connectivity index (χ3v) is 5.23. The third-order valence-electron chi connectivity index (χ3n) is 5.23. The van der Waals surface area contributed by atoms with Crippen LogP contribution < -0.4 is 5.32 Å². The summed E-state index contributed by atoms with van der Waals surface area (Å²) >= 11 is 0. The minimum Gasteiger partial charge on any atom is -0.308 e. The fourth-order valence-electron chi connectivity index (χ4n) is 4.12. The van der Waals surface area contributed by atoms with Crippen LogP contribution >= 0.6 is 0 Å². The van der Waals surface area contributed by atoms with E-state index in [1.165, 1.54) is 50.8 Å². The third kappa shape index (κ3) is 3.46. The molecule has 1 saturated heterocycles. The summed E-state index contributed by atoms with van der Waals surface area (Å²) in [6.45, 7) is 7.75. The minimum atomic E-state index is 0.397. The van der Waals surface area contributed by atoms with Crippen LogP contribution in [0.1, 0.15) is 56.8 Å². The second kappa shape index (κ2) is 6.45. The number of hydrogen-bond acceptors (Lipinski definition) is 3. The molecule has 1 saturated carbocycles. The molecule has 0 radical (unpaired) electrons. The molecular formula is C18H29N3. The highest BCUT2D eigenvalue weighted by atomic mass is 15.3. The van der Waals surface area contributed by atoms with E-state index < -0.39 is 0 Å². The highest BCUT2D eigenvalue weighted by Crippen LogP contribution is 2.34. The summed E-state index contributed by atoms with van der Waals surface area (Å²) in [5.41, 5.74) is 2.75. The van der Waals surface area contributed by atoms with Crippen LogP contribution in [0.15, 0.2) is 18.2 Å². The zero-order valence-corrected chi connectivity index (χ0v) is 13.6. The van der Waals surface area contributed by atoms with Gasteiger partial charge in [0, 0.05) is 36.9 Å². The normalized spacial score (nSPS) is 25.5. The Morgan fingerprint density at radius 1 is 1.33 bits per heavy atom. The van der Waals surface area contributed by atoms with Gasteiger partial charge in [-0.1, -0.05) is 32.3 Å². The number of pyridine rings is 1. The van der Waals surface area contributed by atoms with Gasteiger partial charge in [0.1, 0.15) is 0 Å². The number of aryl methyl sites for hydroxylation is 1. The van der Waals surface area contributed by atoms with Crippen molar-refractivity contribution in [2.45, 2.75) is 70.5 Å². The van der Waals surface area contributed by atoms with E-state index in [9.17, 15) is 0 Å². The molecule has 3 rings (SSSR count). The quantitative estimate of drug-likeness (QED) is 0.921. The summed E-state index contributed by atoms with van der Waals surface area (Å²) in [4.78, 5) is 7.42. The van der Waals surface area contributed by atoms with Crippen molar-refractivity contribution in [1.82, 2.24) is 15.2 Å². The monoisotopic (exact) mass is 287 g/mol. The lowest BCUT2D eigenvalue weighted by molar-refractivity contribution is 0.0679. The largest absolute Gasteiger partial charge is 0.308 e. The summed E-state index contributed by atoms with van der Waals surface area (Å²) in [6, 6.07) is 7.08. The number of nitrogens with zero attached hydrogens (tertiary/aromatic N) is 2. The second-order valence-corrected chi connectivity index (χ2v) is 6.99. The van der Waals surface area contributed by atoms with Crippen LogP contribution in [0.25, 0.3) is 0 Å². The molecule has 1 aromatic rings. The van der Waals surface area contributed by atoms with Gasteiger partial charge in [-0.15, -0.1) is 0 Å². The van der Waals surface area contributed by atoms with Gasteiger partial charge in [-0.05, 0) is 38.3 Å². The van der Waals surface area contributed by atoms with Gasteiger partial charge in [0.15, 0.2) is 0 Å². The van der Waals surface area contributed by atoms with E-state index >= 15 is 0 Å². The smallest absolute Gasteiger partial charge is 0.0547 e. The maximum atomic E-state index is 4.71.